The molecule has 0 bridgehead atoms. The molecule has 2 amide bonds. The van der Waals surface area contributed by atoms with Gasteiger partial charge in [-0.25, -0.2) is 0 Å². The van der Waals surface area contributed by atoms with Crippen LogP contribution in [-0.2, 0) is 16.1 Å². The number of rotatable bonds is 8. The summed E-state index contributed by atoms with van der Waals surface area (Å²) in [6.45, 7) is 0.356. The van der Waals surface area contributed by atoms with Gasteiger partial charge in [-0.15, -0.1) is 0 Å². The quantitative estimate of drug-likeness (QED) is 0.726. The Morgan fingerprint density at radius 3 is 2.65 bits per heavy atom. The molecule has 1 aromatic rings. The summed E-state index contributed by atoms with van der Waals surface area (Å²) < 4.78 is 10.8. The summed E-state index contributed by atoms with van der Waals surface area (Å²) in [6.07, 6.45) is 3.62. The Bertz CT molecular complexity index is 633. The van der Waals surface area contributed by atoms with Gasteiger partial charge < -0.3 is 25.4 Å². The van der Waals surface area contributed by atoms with Gasteiger partial charge in [-0.2, -0.15) is 0 Å². The summed E-state index contributed by atoms with van der Waals surface area (Å²) in [5.74, 6) is 1.20. The molecule has 2 atom stereocenters. The van der Waals surface area contributed by atoms with Crippen LogP contribution in [-0.4, -0.2) is 50.6 Å². The number of ether oxygens (including phenoxy) is 2. The average molecular weight is 363 g/mol. The van der Waals surface area contributed by atoms with Gasteiger partial charge in [-0.05, 0) is 36.5 Å². The molecule has 1 aliphatic rings. The summed E-state index contributed by atoms with van der Waals surface area (Å²) >= 11 is 0. The van der Waals surface area contributed by atoms with Gasteiger partial charge in [-0.3, -0.25) is 9.59 Å². The molecule has 0 radical (unpaired) electrons. The highest BCUT2D eigenvalue weighted by atomic mass is 16.5. The Labute approximate surface area is 154 Å². The molecular formula is C19H29N3O4. The van der Waals surface area contributed by atoms with Crippen molar-refractivity contribution in [3.8, 4) is 11.5 Å². The average Bonchev–Trinajstić information content (AvgIpc) is 3.02. The Kier molecular flexibility index (Phi) is 7.26. The predicted molar refractivity (Wildman–Crippen MR) is 99.0 cm³/mol. The molecule has 1 fully saturated rings. The maximum Gasteiger partial charge on any atom is 0.259 e. The first-order chi connectivity index (χ1) is 12.4. The van der Waals surface area contributed by atoms with Crippen LogP contribution in [0.25, 0.3) is 0 Å². The van der Waals surface area contributed by atoms with E-state index in [1.165, 1.54) is 4.90 Å². The van der Waals surface area contributed by atoms with E-state index in [4.69, 9.17) is 15.2 Å². The van der Waals surface area contributed by atoms with E-state index < -0.39 is 0 Å². The lowest BCUT2D eigenvalue weighted by Gasteiger charge is -2.16. The number of nitrogens with zero attached hydrogens (tertiary/aromatic N) is 1. The van der Waals surface area contributed by atoms with Crippen LogP contribution in [0.5, 0.6) is 11.5 Å². The molecule has 0 aliphatic heterocycles. The molecule has 1 aliphatic carbocycles. The molecule has 0 spiro atoms. The van der Waals surface area contributed by atoms with E-state index in [9.17, 15) is 9.59 Å². The number of hydrogen-bond donors (Lipinski definition) is 2. The second-order valence-corrected chi connectivity index (χ2v) is 6.90. The van der Waals surface area contributed by atoms with Crippen LogP contribution in [0.4, 0.5) is 0 Å². The maximum atomic E-state index is 12.1. The molecule has 0 unspecified atom stereocenters. The molecule has 2 rings (SSSR count). The highest BCUT2D eigenvalue weighted by Gasteiger charge is 2.25. The number of amides is 2. The molecule has 1 saturated carbocycles. The molecule has 7 heteroatoms. The van der Waals surface area contributed by atoms with Crippen LogP contribution >= 0.6 is 0 Å². The molecule has 1 aromatic carbocycles. The number of carbonyl (C=O) groups excluding carboxylic acids is 2. The third-order valence-electron chi connectivity index (χ3n) is 4.73. The largest absolute Gasteiger partial charge is 0.493 e. The number of hydrogen-bond acceptors (Lipinski definition) is 5. The zero-order valence-electron chi connectivity index (χ0n) is 15.8. The van der Waals surface area contributed by atoms with Crippen molar-refractivity contribution in [2.75, 3.05) is 27.8 Å². The van der Waals surface area contributed by atoms with Crippen LogP contribution in [0, 0.1) is 5.92 Å². The van der Waals surface area contributed by atoms with E-state index in [0.29, 0.717) is 24.5 Å². The summed E-state index contributed by atoms with van der Waals surface area (Å²) in [7, 11) is 4.89. The van der Waals surface area contributed by atoms with E-state index >= 15 is 0 Å². The zero-order valence-corrected chi connectivity index (χ0v) is 15.8. The third-order valence-corrected chi connectivity index (χ3v) is 4.73. The van der Waals surface area contributed by atoms with Crippen LogP contribution < -0.4 is 20.5 Å². The van der Waals surface area contributed by atoms with Gasteiger partial charge in [0.1, 0.15) is 0 Å². The molecule has 144 valence electrons. The highest BCUT2D eigenvalue weighted by molar-refractivity contribution is 5.77. The van der Waals surface area contributed by atoms with Crippen molar-refractivity contribution in [1.82, 2.24) is 10.2 Å². The SMILES string of the molecule is COc1cc(CNC(=O)C[C@@H]2CCC[C@H]2N)ccc1OCC(=O)N(C)C. The number of nitrogens with two attached hydrogens (primary N) is 1. The lowest BCUT2D eigenvalue weighted by molar-refractivity contribution is -0.130. The maximum absolute atomic E-state index is 12.1. The highest BCUT2D eigenvalue weighted by Crippen LogP contribution is 2.29. The van der Waals surface area contributed by atoms with Gasteiger partial charge in [0.25, 0.3) is 5.91 Å². The first kappa shape index (κ1) is 20.0. The molecule has 0 heterocycles. The molecular weight excluding hydrogens is 334 g/mol. The van der Waals surface area contributed by atoms with Crippen molar-refractivity contribution in [2.24, 2.45) is 11.7 Å². The van der Waals surface area contributed by atoms with Crippen LogP contribution in [0.1, 0.15) is 31.2 Å². The van der Waals surface area contributed by atoms with Gasteiger partial charge in [0.2, 0.25) is 5.91 Å². The van der Waals surface area contributed by atoms with Gasteiger partial charge >= 0.3 is 0 Å². The fraction of sp³-hybridized carbons (Fsp3) is 0.579. The van der Waals surface area contributed by atoms with Gasteiger partial charge in [0, 0.05) is 33.1 Å². The number of likely N-dealkylation sites (N-methyl/N-ethyl adjacent to an activating group) is 1. The Morgan fingerprint density at radius 1 is 1.27 bits per heavy atom. The standard InChI is InChI=1S/C19H29N3O4/c1-22(2)19(24)12-26-16-8-7-13(9-17(16)25-3)11-21-18(23)10-14-5-4-6-15(14)20/h7-9,14-15H,4-6,10-12,20H2,1-3H3,(H,21,23)/t14-,15+/m0/s1. The Hall–Kier alpha value is -2.28. The predicted octanol–water partition coefficient (Wildman–Crippen LogP) is 1.30. The molecule has 26 heavy (non-hydrogen) atoms. The van der Waals surface area contributed by atoms with Crippen molar-refractivity contribution >= 4 is 11.8 Å². The third kappa shape index (κ3) is 5.62. The number of nitrogens with one attached hydrogen (secondary N) is 1. The second kappa shape index (κ2) is 9.43. The van der Waals surface area contributed by atoms with E-state index in [2.05, 4.69) is 5.32 Å². The minimum atomic E-state index is -0.131. The lowest BCUT2D eigenvalue weighted by atomic mass is 10.00. The fourth-order valence-electron chi connectivity index (χ4n) is 3.04. The summed E-state index contributed by atoms with van der Waals surface area (Å²) in [5, 5.41) is 2.93. The van der Waals surface area contributed by atoms with Crippen LogP contribution in [0.3, 0.4) is 0 Å². The van der Waals surface area contributed by atoms with Gasteiger partial charge in [0.15, 0.2) is 18.1 Å². The zero-order chi connectivity index (χ0) is 19.1. The minimum absolute atomic E-state index is 0.0169. The first-order valence-corrected chi connectivity index (χ1v) is 8.93. The number of benzene rings is 1. The van der Waals surface area contributed by atoms with Crippen molar-refractivity contribution in [3.63, 3.8) is 0 Å². The smallest absolute Gasteiger partial charge is 0.259 e. The molecule has 0 aromatic heterocycles. The van der Waals surface area contributed by atoms with Crippen molar-refractivity contribution in [1.29, 1.82) is 0 Å². The minimum Gasteiger partial charge on any atom is -0.493 e. The normalized spacial score (nSPS) is 19.1. The van der Waals surface area contributed by atoms with Gasteiger partial charge in [-0.1, -0.05) is 12.5 Å². The summed E-state index contributed by atoms with van der Waals surface area (Å²) in [5.41, 5.74) is 6.92. The van der Waals surface area contributed by atoms with Crippen molar-refractivity contribution in [2.45, 2.75) is 38.3 Å². The van der Waals surface area contributed by atoms with E-state index in [1.807, 2.05) is 6.07 Å². The number of methoxy groups -OCH3 is 1. The van der Waals surface area contributed by atoms with E-state index in [1.54, 1.807) is 33.3 Å². The van der Waals surface area contributed by atoms with E-state index in [-0.39, 0.29) is 30.4 Å². The van der Waals surface area contributed by atoms with Crippen molar-refractivity contribution in [3.05, 3.63) is 23.8 Å². The van der Waals surface area contributed by atoms with Gasteiger partial charge in [0.05, 0.1) is 7.11 Å². The molecule has 3 N–H and O–H groups in total. The lowest BCUT2D eigenvalue weighted by Crippen LogP contribution is -2.31. The topological polar surface area (TPSA) is 93.9 Å². The monoisotopic (exact) mass is 363 g/mol. The Morgan fingerprint density at radius 2 is 2.04 bits per heavy atom. The second-order valence-electron chi connectivity index (χ2n) is 6.90. The van der Waals surface area contributed by atoms with E-state index in [0.717, 1.165) is 24.8 Å². The fourth-order valence-corrected chi connectivity index (χ4v) is 3.04. The molecule has 0 saturated heterocycles. The molecule has 7 nitrogen and oxygen atoms in total. The number of carbonyl (C=O) groups is 2. The summed E-state index contributed by atoms with van der Waals surface area (Å²) in [4.78, 5) is 25.2. The van der Waals surface area contributed by atoms with Crippen molar-refractivity contribution < 1.29 is 19.1 Å². The summed E-state index contributed by atoms with van der Waals surface area (Å²) in [6, 6.07) is 5.54. The van der Waals surface area contributed by atoms with Crippen LogP contribution in [0.15, 0.2) is 18.2 Å². The van der Waals surface area contributed by atoms with Crippen LogP contribution in [0.2, 0.25) is 0 Å². The first-order valence-electron chi connectivity index (χ1n) is 8.93. The Balaban J connectivity index is 1.87.